The topological polar surface area (TPSA) is 87.0 Å². The number of nitrogens with zero attached hydrogens (tertiary/aromatic N) is 5. The molecule has 0 fully saturated rings. The van der Waals surface area contributed by atoms with Gasteiger partial charge in [-0.05, 0) is 25.1 Å². The third kappa shape index (κ3) is 5.19. The monoisotopic (exact) mass is 524 g/mol. The van der Waals surface area contributed by atoms with Gasteiger partial charge in [-0.2, -0.15) is 13.9 Å². The number of ether oxygens (including phenoxy) is 2. The quantitative estimate of drug-likeness (QED) is 0.238. The fourth-order valence-corrected chi connectivity index (χ4v) is 3.87. The fourth-order valence-electron chi connectivity index (χ4n) is 3.87. The van der Waals surface area contributed by atoms with Crippen molar-refractivity contribution in [1.82, 2.24) is 24.7 Å². The van der Waals surface area contributed by atoms with Gasteiger partial charge < -0.3 is 14.8 Å². The molecule has 0 unspecified atom stereocenters. The van der Waals surface area contributed by atoms with Gasteiger partial charge in [-0.3, -0.25) is 9.67 Å². The van der Waals surface area contributed by atoms with E-state index in [0.717, 1.165) is 18.3 Å². The van der Waals surface area contributed by atoms with Crippen LogP contribution in [0, 0.1) is 11.6 Å². The molecule has 0 spiro atoms. The number of fused-ring (bicyclic) bond motifs is 1. The van der Waals surface area contributed by atoms with Crippen molar-refractivity contribution in [3.63, 3.8) is 0 Å². The zero-order valence-electron chi connectivity index (χ0n) is 19.9. The molecule has 0 radical (unpaired) electrons. The molecular formula is C26H20F4N6O2. The molecule has 2 aromatic carbocycles. The van der Waals surface area contributed by atoms with Crippen molar-refractivity contribution in [1.29, 1.82) is 0 Å². The maximum atomic E-state index is 14.8. The van der Waals surface area contributed by atoms with Crippen molar-refractivity contribution in [3.8, 4) is 23.0 Å². The molecule has 0 aliphatic rings. The maximum Gasteiger partial charge on any atom is 0.387 e. The molecule has 0 amide bonds. The smallest absolute Gasteiger partial charge is 0.387 e. The largest absolute Gasteiger partial charge is 0.494 e. The van der Waals surface area contributed by atoms with Crippen LogP contribution in [0.4, 0.5) is 29.1 Å². The maximum absolute atomic E-state index is 14.8. The van der Waals surface area contributed by atoms with Gasteiger partial charge in [0.05, 0.1) is 24.9 Å². The summed E-state index contributed by atoms with van der Waals surface area (Å²) in [5.74, 6) is -1.67. The van der Waals surface area contributed by atoms with Gasteiger partial charge in [0.1, 0.15) is 23.1 Å². The Labute approximate surface area is 213 Å². The van der Waals surface area contributed by atoms with E-state index in [4.69, 9.17) is 4.74 Å². The number of para-hydroxylation sites is 1. The van der Waals surface area contributed by atoms with Crippen molar-refractivity contribution in [3.05, 3.63) is 84.3 Å². The zero-order valence-corrected chi connectivity index (χ0v) is 19.9. The Hall–Kier alpha value is -4.74. The Morgan fingerprint density at radius 2 is 1.76 bits per heavy atom. The van der Waals surface area contributed by atoms with E-state index in [1.54, 1.807) is 43.3 Å². The number of hydrogen-bond donors (Lipinski definition) is 1. The normalized spacial score (nSPS) is 11.2. The SMILES string of the molecule is CCOc1cc(F)c(Cn2nc(-c3ncc(OC(F)F)c(Nc4ccncc4)n3)c3ccccc32)c(F)c1. The van der Waals surface area contributed by atoms with Crippen LogP contribution in [0.3, 0.4) is 0 Å². The Morgan fingerprint density at radius 3 is 2.47 bits per heavy atom. The van der Waals surface area contributed by atoms with E-state index in [1.165, 1.54) is 17.1 Å². The Bertz CT molecular complexity index is 1560. The number of nitrogens with one attached hydrogen (secondary N) is 1. The number of hydrogen-bond acceptors (Lipinski definition) is 7. The lowest BCUT2D eigenvalue weighted by Crippen LogP contribution is -2.08. The predicted molar refractivity (Wildman–Crippen MR) is 132 cm³/mol. The molecule has 8 nitrogen and oxygen atoms in total. The van der Waals surface area contributed by atoms with Gasteiger partial charge in [0.2, 0.25) is 0 Å². The molecule has 1 N–H and O–H groups in total. The first-order valence-electron chi connectivity index (χ1n) is 11.5. The molecule has 12 heteroatoms. The molecule has 0 saturated heterocycles. The van der Waals surface area contributed by atoms with E-state index >= 15 is 0 Å². The molecule has 194 valence electrons. The third-order valence-corrected chi connectivity index (χ3v) is 5.52. The van der Waals surface area contributed by atoms with Crippen molar-refractivity contribution in [2.75, 3.05) is 11.9 Å². The summed E-state index contributed by atoms with van der Waals surface area (Å²) in [6.07, 6.45) is 4.15. The highest BCUT2D eigenvalue weighted by Gasteiger charge is 2.21. The van der Waals surface area contributed by atoms with Crippen LogP contribution in [0.25, 0.3) is 22.4 Å². The van der Waals surface area contributed by atoms with Crippen LogP contribution in [-0.2, 0) is 6.54 Å². The summed E-state index contributed by atoms with van der Waals surface area (Å²) >= 11 is 0. The van der Waals surface area contributed by atoms with Crippen LogP contribution in [0.15, 0.2) is 67.1 Å². The lowest BCUT2D eigenvalue weighted by Gasteiger charge is -2.12. The summed E-state index contributed by atoms with van der Waals surface area (Å²) in [6, 6.07) is 12.5. The molecule has 3 aromatic heterocycles. The first kappa shape index (κ1) is 24.9. The number of alkyl halides is 2. The molecule has 0 saturated carbocycles. The van der Waals surface area contributed by atoms with E-state index in [2.05, 4.69) is 30.1 Å². The van der Waals surface area contributed by atoms with Crippen LogP contribution in [0.1, 0.15) is 12.5 Å². The number of pyridine rings is 1. The van der Waals surface area contributed by atoms with Gasteiger partial charge in [0.15, 0.2) is 17.4 Å². The Kier molecular flexibility index (Phi) is 7.03. The summed E-state index contributed by atoms with van der Waals surface area (Å²) in [5.41, 5.74) is 1.18. The molecule has 0 aliphatic heterocycles. The summed E-state index contributed by atoms with van der Waals surface area (Å²) in [7, 11) is 0. The number of aromatic nitrogens is 5. The van der Waals surface area contributed by atoms with Gasteiger partial charge in [-0.1, -0.05) is 18.2 Å². The highest BCUT2D eigenvalue weighted by molar-refractivity contribution is 5.92. The highest BCUT2D eigenvalue weighted by atomic mass is 19.3. The first-order valence-corrected chi connectivity index (χ1v) is 11.5. The molecule has 0 atom stereocenters. The van der Waals surface area contributed by atoms with E-state index in [1.807, 2.05) is 0 Å². The lowest BCUT2D eigenvalue weighted by molar-refractivity contribution is -0.0497. The summed E-state index contributed by atoms with van der Waals surface area (Å²) in [4.78, 5) is 12.5. The Morgan fingerprint density at radius 1 is 1.03 bits per heavy atom. The first-order chi connectivity index (χ1) is 18.4. The van der Waals surface area contributed by atoms with Crippen molar-refractivity contribution < 1.29 is 27.0 Å². The Balaban J connectivity index is 1.57. The molecule has 0 bridgehead atoms. The third-order valence-electron chi connectivity index (χ3n) is 5.52. The second kappa shape index (κ2) is 10.7. The van der Waals surface area contributed by atoms with Crippen LogP contribution in [0.2, 0.25) is 0 Å². The van der Waals surface area contributed by atoms with Crippen molar-refractivity contribution in [2.45, 2.75) is 20.1 Å². The number of rotatable bonds is 9. The zero-order chi connectivity index (χ0) is 26.6. The minimum absolute atomic E-state index is 0.0243. The molecule has 5 aromatic rings. The van der Waals surface area contributed by atoms with Gasteiger partial charge in [-0.25, -0.2) is 18.7 Å². The van der Waals surface area contributed by atoms with Crippen LogP contribution in [-0.4, -0.2) is 38.0 Å². The minimum atomic E-state index is -3.10. The van der Waals surface area contributed by atoms with Gasteiger partial charge >= 0.3 is 6.61 Å². The molecule has 3 heterocycles. The minimum Gasteiger partial charge on any atom is -0.494 e. The van der Waals surface area contributed by atoms with Gasteiger partial charge in [-0.15, -0.1) is 0 Å². The number of benzene rings is 2. The summed E-state index contributed by atoms with van der Waals surface area (Å²) < 4.78 is 66.8. The fraction of sp³-hybridized carbons (Fsp3) is 0.154. The number of halogens is 4. The van der Waals surface area contributed by atoms with Crippen molar-refractivity contribution in [2.24, 2.45) is 0 Å². The van der Waals surface area contributed by atoms with E-state index < -0.39 is 18.2 Å². The van der Waals surface area contributed by atoms with Crippen LogP contribution >= 0.6 is 0 Å². The molecular weight excluding hydrogens is 504 g/mol. The van der Waals surface area contributed by atoms with Gasteiger partial charge in [0, 0.05) is 41.2 Å². The van der Waals surface area contributed by atoms with Crippen molar-refractivity contribution >= 4 is 22.4 Å². The molecule has 5 rings (SSSR count). The van der Waals surface area contributed by atoms with E-state index in [0.29, 0.717) is 16.6 Å². The standard InChI is InChI=1S/C26H20F4N6O2/c1-2-37-16-11-19(27)18(20(28)12-16)14-36-21-6-4-3-5-17(21)23(35-36)25-32-13-22(38-26(29)30)24(34-25)33-15-7-9-31-10-8-15/h3-13,26H,2,14H2,1H3,(H,31,32,33,34). The van der Waals surface area contributed by atoms with Gasteiger partial charge in [0.25, 0.3) is 0 Å². The second-order valence-corrected chi connectivity index (χ2v) is 7.97. The molecule has 38 heavy (non-hydrogen) atoms. The predicted octanol–water partition coefficient (Wildman–Crippen LogP) is 5.96. The second-order valence-electron chi connectivity index (χ2n) is 7.97. The highest BCUT2D eigenvalue weighted by Crippen LogP contribution is 2.32. The number of anilines is 2. The average Bonchev–Trinajstić information content (AvgIpc) is 3.26. The lowest BCUT2D eigenvalue weighted by atomic mass is 10.1. The van der Waals surface area contributed by atoms with Crippen LogP contribution in [0.5, 0.6) is 11.5 Å². The van der Waals surface area contributed by atoms with E-state index in [9.17, 15) is 17.6 Å². The van der Waals surface area contributed by atoms with E-state index in [-0.39, 0.29) is 47.6 Å². The summed E-state index contributed by atoms with van der Waals surface area (Å²) in [6.45, 7) is -1.33. The van der Waals surface area contributed by atoms with Crippen LogP contribution < -0.4 is 14.8 Å². The average molecular weight is 524 g/mol. The molecule has 0 aliphatic carbocycles. The summed E-state index contributed by atoms with van der Waals surface area (Å²) in [5, 5.41) is 8.05.